The van der Waals surface area contributed by atoms with Crippen LogP contribution in [-0.4, -0.2) is 47.0 Å². The van der Waals surface area contributed by atoms with Crippen LogP contribution in [0.1, 0.15) is 23.0 Å². The molecule has 0 aromatic carbocycles. The Morgan fingerprint density at radius 1 is 1.56 bits per heavy atom. The summed E-state index contributed by atoms with van der Waals surface area (Å²) in [4.78, 5) is 24.5. The van der Waals surface area contributed by atoms with Crippen LogP contribution < -0.4 is 5.32 Å². The number of carbonyl (C=O) groups is 2. The van der Waals surface area contributed by atoms with Crippen molar-refractivity contribution in [1.29, 1.82) is 0 Å². The van der Waals surface area contributed by atoms with Gasteiger partial charge >= 0.3 is 0 Å². The first kappa shape index (κ1) is 12.2. The van der Waals surface area contributed by atoms with Crippen LogP contribution >= 0.6 is 0 Å². The van der Waals surface area contributed by atoms with E-state index in [9.17, 15) is 9.59 Å². The van der Waals surface area contributed by atoms with Gasteiger partial charge < -0.3 is 10.2 Å². The average molecular weight is 224 g/mol. The summed E-state index contributed by atoms with van der Waals surface area (Å²) in [5, 5.41) is 9.09. The number of likely N-dealkylation sites (N-methyl/N-ethyl adjacent to an activating group) is 2. The lowest BCUT2D eigenvalue weighted by Crippen LogP contribution is -2.38. The third-order valence-corrected chi connectivity index (χ3v) is 2.16. The molecule has 0 radical (unpaired) electrons. The highest BCUT2D eigenvalue weighted by Gasteiger charge is 2.17. The first-order chi connectivity index (χ1) is 7.56. The second-order valence-corrected chi connectivity index (χ2v) is 3.52. The van der Waals surface area contributed by atoms with Gasteiger partial charge in [0.05, 0.1) is 18.3 Å². The molecule has 0 saturated heterocycles. The van der Waals surface area contributed by atoms with Gasteiger partial charge in [-0.05, 0) is 13.8 Å². The van der Waals surface area contributed by atoms with Gasteiger partial charge in [0.2, 0.25) is 5.91 Å². The zero-order valence-electron chi connectivity index (χ0n) is 9.70. The smallest absolute Gasteiger partial charge is 0.257 e. The largest absolute Gasteiger partial charge is 0.355 e. The van der Waals surface area contributed by atoms with E-state index in [1.807, 2.05) is 6.92 Å². The molecule has 1 aromatic heterocycles. The van der Waals surface area contributed by atoms with E-state index in [-0.39, 0.29) is 18.4 Å². The highest BCUT2D eigenvalue weighted by Crippen LogP contribution is 2.05. The second kappa shape index (κ2) is 5.29. The molecule has 0 bridgehead atoms. The Morgan fingerprint density at radius 2 is 2.25 bits per heavy atom. The Labute approximate surface area is 94.0 Å². The fourth-order valence-corrected chi connectivity index (χ4v) is 1.31. The van der Waals surface area contributed by atoms with Crippen LogP contribution in [0.25, 0.3) is 0 Å². The molecule has 0 aliphatic rings. The summed E-state index contributed by atoms with van der Waals surface area (Å²) in [7, 11) is 1.59. The minimum atomic E-state index is -0.211. The molecule has 1 rings (SSSR count). The van der Waals surface area contributed by atoms with Crippen LogP contribution in [0.5, 0.6) is 0 Å². The Balaban J connectivity index is 2.61. The van der Waals surface area contributed by atoms with Gasteiger partial charge in [-0.15, -0.1) is 0 Å². The van der Waals surface area contributed by atoms with E-state index >= 15 is 0 Å². The van der Waals surface area contributed by atoms with Crippen LogP contribution in [0.4, 0.5) is 0 Å². The van der Waals surface area contributed by atoms with Gasteiger partial charge in [-0.25, -0.2) is 0 Å². The van der Waals surface area contributed by atoms with Gasteiger partial charge in [-0.3, -0.25) is 14.7 Å². The second-order valence-electron chi connectivity index (χ2n) is 3.52. The number of aromatic amines is 1. The maximum Gasteiger partial charge on any atom is 0.257 e. The molecule has 2 amide bonds. The summed E-state index contributed by atoms with van der Waals surface area (Å²) >= 11 is 0. The molecule has 0 spiro atoms. The van der Waals surface area contributed by atoms with Crippen molar-refractivity contribution >= 4 is 11.8 Å². The number of nitrogens with one attached hydrogen (secondary N) is 2. The number of hydrogen-bond acceptors (Lipinski definition) is 3. The van der Waals surface area contributed by atoms with Crippen molar-refractivity contribution in [3.8, 4) is 0 Å². The molecule has 2 N–H and O–H groups in total. The van der Waals surface area contributed by atoms with Crippen molar-refractivity contribution in [3.63, 3.8) is 0 Å². The van der Waals surface area contributed by atoms with Gasteiger partial charge in [0.1, 0.15) is 0 Å². The molecule has 0 fully saturated rings. The maximum absolute atomic E-state index is 11.9. The van der Waals surface area contributed by atoms with Gasteiger partial charge in [-0.2, -0.15) is 5.10 Å². The normalized spacial score (nSPS) is 9.94. The van der Waals surface area contributed by atoms with E-state index in [0.29, 0.717) is 17.8 Å². The van der Waals surface area contributed by atoms with Gasteiger partial charge in [0.25, 0.3) is 5.91 Å². The molecule has 1 aromatic rings. The fourth-order valence-electron chi connectivity index (χ4n) is 1.31. The van der Waals surface area contributed by atoms with Crippen molar-refractivity contribution < 1.29 is 9.59 Å². The predicted octanol–water partition coefficient (Wildman–Crippen LogP) is -0.0738. The Bertz CT molecular complexity index is 386. The highest BCUT2D eigenvalue weighted by molar-refractivity contribution is 5.96. The number of nitrogens with zero attached hydrogens (tertiary/aromatic N) is 2. The molecule has 6 nitrogen and oxygen atoms in total. The van der Waals surface area contributed by atoms with Crippen LogP contribution in [0, 0.1) is 6.92 Å². The molecule has 0 unspecified atom stereocenters. The monoisotopic (exact) mass is 224 g/mol. The number of aromatic nitrogens is 2. The van der Waals surface area contributed by atoms with Crippen LogP contribution in [0.2, 0.25) is 0 Å². The van der Waals surface area contributed by atoms with Crippen LogP contribution in [0.15, 0.2) is 6.20 Å². The molecular formula is C10H16N4O2. The molecule has 1 heterocycles. The van der Waals surface area contributed by atoms with E-state index in [1.54, 1.807) is 14.0 Å². The van der Waals surface area contributed by atoms with Crippen molar-refractivity contribution in [3.05, 3.63) is 17.5 Å². The number of hydrogen-bond donors (Lipinski definition) is 2. The summed E-state index contributed by atoms with van der Waals surface area (Å²) < 4.78 is 0. The Hall–Kier alpha value is -1.85. The number of carbonyl (C=O) groups excluding carboxylic acids is 2. The maximum atomic E-state index is 11.9. The van der Waals surface area contributed by atoms with Gasteiger partial charge in [0.15, 0.2) is 0 Å². The molecule has 0 aliphatic heterocycles. The van der Waals surface area contributed by atoms with E-state index in [4.69, 9.17) is 0 Å². The first-order valence-corrected chi connectivity index (χ1v) is 5.08. The molecular weight excluding hydrogens is 208 g/mol. The fraction of sp³-hybridized carbons (Fsp3) is 0.500. The number of amides is 2. The minimum Gasteiger partial charge on any atom is -0.355 e. The molecule has 16 heavy (non-hydrogen) atoms. The van der Waals surface area contributed by atoms with Crippen LogP contribution in [-0.2, 0) is 4.79 Å². The number of H-pyrrole nitrogens is 1. The van der Waals surface area contributed by atoms with E-state index in [0.717, 1.165) is 0 Å². The Kier molecular flexibility index (Phi) is 4.04. The average Bonchev–Trinajstić information content (AvgIpc) is 2.63. The standard InChI is InChI=1S/C10H16N4O2/c1-4-11-9(15)6-14(3)10(16)8-5-12-13-7(8)2/h5H,4,6H2,1-3H3,(H,11,15)(H,12,13). The van der Waals surface area contributed by atoms with E-state index in [2.05, 4.69) is 15.5 Å². The SMILES string of the molecule is CCNC(=O)CN(C)C(=O)c1cn[nH]c1C. The lowest BCUT2D eigenvalue weighted by atomic mass is 10.2. The number of aryl methyl sites for hydroxylation is 1. The number of rotatable bonds is 4. The van der Waals surface area contributed by atoms with Crippen molar-refractivity contribution in [2.24, 2.45) is 0 Å². The third kappa shape index (κ3) is 2.82. The van der Waals surface area contributed by atoms with Gasteiger partial charge in [-0.1, -0.05) is 0 Å². The highest BCUT2D eigenvalue weighted by atomic mass is 16.2. The summed E-state index contributed by atoms with van der Waals surface area (Å²) in [5.41, 5.74) is 1.19. The topological polar surface area (TPSA) is 78.1 Å². The molecule has 0 aliphatic carbocycles. The molecule has 0 saturated carbocycles. The van der Waals surface area contributed by atoms with Crippen LogP contribution in [0.3, 0.4) is 0 Å². The summed E-state index contributed by atoms with van der Waals surface area (Å²) in [6.07, 6.45) is 1.46. The summed E-state index contributed by atoms with van der Waals surface area (Å²) in [5.74, 6) is -0.378. The minimum absolute atomic E-state index is 0.0529. The van der Waals surface area contributed by atoms with E-state index in [1.165, 1.54) is 11.1 Å². The lowest BCUT2D eigenvalue weighted by molar-refractivity contribution is -0.121. The zero-order valence-corrected chi connectivity index (χ0v) is 9.70. The molecule has 88 valence electrons. The molecule has 0 atom stereocenters. The Morgan fingerprint density at radius 3 is 2.75 bits per heavy atom. The van der Waals surface area contributed by atoms with Crippen molar-refractivity contribution in [2.75, 3.05) is 20.1 Å². The zero-order chi connectivity index (χ0) is 12.1. The van der Waals surface area contributed by atoms with Gasteiger partial charge in [0, 0.05) is 19.3 Å². The van der Waals surface area contributed by atoms with E-state index < -0.39 is 0 Å². The third-order valence-electron chi connectivity index (χ3n) is 2.16. The molecule has 6 heteroatoms. The van der Waals surface area contributed by atoms with Crippen molar-refractivity contribution in [2.45, 2.75) is 13.8 Å². The summed E-state index contributed by atoms with van der Waals surface area (Å²) in [6, 6.07) is 0. The predicted molar refractivity (Wildman–Crippen MR) is 59.0 cm³/mol. The van der Waals surface area contributed by atoms with Crippen molar-refractivity contribution in [1.82, 2.24) is 20.4 Å². The first-order valence-electron chi connectivity index (χ1n) is 5.08. The lowest BCUT2D eigenvalue weighted by Gasteiger charge is -2.15. The summed E-state index contributed by atoms with van der Waals surface area (Å²) in [6.45, 7) is 4.21. The quantitative estimate of drug-likeness (QED) is 0.751.